The van der Waals surface area contributed by atoms with Crippen molar-refractivity contribution in [1.82, 2.24) is 0 Å². The fraction of sp³-hybridized carbons (Fsp3) is 0.250. The molecule has 0 unspecified atom stereocenters. The van der Waals surface area contributed by atoms with Gasteiger partial charge in [0.15, 0.2) is 24.8 Å². The molecular formula is C32H38Br2N6. The number of halogens is 2. The first-order valence-electron chi connectivity index (χ1n) is 13.3. The van der Waals surface area contributed by atoms with Crippen molar-refractivity contribution in [3.63, 3.8) is 0 Å². The Labute approximate surface area is 259 Å². The van der Waals surface area contributed by atoms with Gasteiger partial charge >= 0.3 is 0 Å². The number of para-hydroxylation sites is 2. The Bertz CT molecular complexity index is 1180. The molecule has 0 aliphatic rings. The Morgan fingerprint density at radius 3 is 1.23 bits per heavy atom. The Morgan fingerprint density at radius 1 is 0.525 bits per heavy atom. The van der Waals surface area contributed by atoms with E-state index in [1.807, 2.05) is 97.2 Å². The van der Waals surface area contributed by atoms with E-state index in [4.69, 9.17) is 0 Å². The van der Waals surface area contributed by atoms with E-state index in [1.165, 1.54) is 25.7 Å². The van der Waals surface area contributed by atoms with Crippen LogP contribution in [-0.2, 0) is 13.1 Å². The number of hydrazone groups is 2. The smallest absolute Gasteiger partial charge is 0.169 e. The lowest BCUT2D eigenvalue weighted by Gasteiger charge is -2.11. The van der Waals surface area contributed by atoms with E-state index in [0.717, 1.165) is 35.6 Å². The molecule has 0 saturated carbocycles. The number of anilines is 2. The lowest BCUT2D eigenvalue weighted by Crippen LogP contribution is -3.00. The molecule has 0 spiro atoms. The Balaban J connectivity index is 0.00000280. The lowest BCUT2D eigenvalue weighted by atomic mass is 10.2. The van der Waals surface area contributed by atoms with Gasteiger partial charge in [-0.3, -0.25) is 10.0 Å². The number of benzene rings is 2. The summed E-state index contributed by atoms with van der Waals surface area (Å²) in [5.74, 6) is 0. The van der Waals surface area contributed by atoms with Crippen LogP contribution in [-0.4, -0.2) is 26.5 Å². The van der Waals surface area contributed by atoms with Crippen LogP contribution in [0.3, 0.4) is 0 Å². The third-order valence-electron chi connectivity index (χ3n) is 6.44. The van der Waals surface area contributed by atoms with E-state index in [9.17, 15) is 0 Å². The Morgan fingerprint density at radius 2 is 0.875 bits per heavy atom. The minimum absolute atomic E-state index is 0. The zero-order valence-electron chi connectivity index (χ0n) is 23.2. The second kappa shape index (κ2) is 18.1. The number of pyridine rings is 2. The first-order chi connectivity index (χ1) is 18.7. The second-order valence-electron chi connectivity index (χ2n) is 9.36. The summed E-state index contributed by atoms with van der Waals surface area (Å²) in [6.45, 7) is 2.08. The summed E-state index contributed by atoms with van der Waals surface area (Å²) in [7, 11) is 3.93. The summed E-state index contributed by atoms with van der Waals surface area (Å²) < 4.78 is 4.50. The summed E-state index contributed by atoms with van der Waals surface area (Å²) in [5, 5.41) is 12.8. The minimum Gasteiger partial charge on any atom is -1.00 e. The van der Waals surface area contributed by atoms with Gasteiger partial charge in [-0.1, -0.05) is 36.4 Å². The van der Waals surface area contributed by atoms with Gasteiger partial charge in [-0.15, -0.1) is 0 Å². The first kappa shape index (κ1) is 32.8. The minimum atomic E-state index is 0. The van der Waals surface area contributed by atoms with Crippen LogP contribution in [0.15, 0.2) is 120 Å². The van der Waals surface area contributed by atoms with Crippen LogP contribution in [0, 0.1) is 0 Å². The number of rotatable bonds is 13. The summed E-state index contributed by atoms with van der Waals surface area (Å²) in [5.41, 5.74) is 4.34. The highest BCUT2D eigenvalue weighted by atomic mass is 79.9. The van der Waals surface area contributed by atoms with Gasteiger partial charge in [-0.25, -0.2) is 9.13 Å². The molecule has 0 aliphatic heterocycles. The number of unbranched alkanes of at least 4 members (excludes halogenated alkanes) is 3. The molecule has 0 amide bonds. The molecule has 0 N–H and O–H groups in total. The van der Waals surface area contributed by atoms with Gasteiger partial charge in [-0.05, 0) is 37.1 Å². The maximum absolute atomic E-state index is 4.54. The van der Waals surface area contributed by atoms with Crippen LogP contribution >= 0.6 is 0 Å². The third kappa shape index (κ3) is 11.0. The number of aryl methyl sites for hydroxylation is 2. The Hall–Kier alpha value is -3.36. The first-order valence-corrected chi connectivity index (χ1v) is 13.3. The highest BCUT2D eigenvalue weighted by molar-refractivity contribution is 5.80. The highest BCUT2D eigenvalue weighted by Crippen LogP contribution is 2.12. The van der Waals surface area contributed by atoms with Crippen molar-refractivity contribution >= 4 is 23.8 Å². The molecular weight excluding hydrogens is 628 g/mol. The predicted molar refractivity (Wildman–Crippen MR) is 157 cm³/mol. The topological polar surface area (TPSA) is 39.0 Å². The molecule has 8 heteroatoms. The summed E-state index contributed by atoms with van der Waals surface area (Å²) in [6.07, 6.45) is 17.2. The molecule has 4 rings (SSSR count). The fourth-order valence-electron chi connectivity index (χ4n) is 4.08. The van der Waals surface area contributed by atoms with Crippen LogP contribution in [0.5, 0.6) is 0 Å². The van der Waals surface area contributed by atoms with Crippen LogP contribution in [0.2, 0.25) is 0 Å². The van der Waals surface area contributed by atoms with Crippen LogP contribution in [0.25, 0.3) is 0 Å². The van der Waals surface area contributed by atoms with Crippen molar-refractivity contribution in [1.29, 1.82) is 0 Å². The second-order valence-corrected chi connectivity index (χ2v) is 9.36. The van der Waals surface area contributed by atoms with Crippen LogP contribution in [0.4, 0.5) is 11.4 Å². The average molecular weight is 667 g/mol. The van der Waals surface area contributed by atoms with Gasteiger partial charge in [0.25, 0.3) is 0 Å². The van der Waals surface area contributed by atoms with E-state index in [2.05, 4.69) is 68.4 Å². The quantitative estimate of drug-likeness (QED) is 0.0835. The van der Waals surface area contributed by atoms with Gasteiger partial charge in [-0.2, -0.15) is 10.2 Å². The van der Waals surface area contributed by atoms with Crippen LogP contribution < -0.4 is 53.1 Å². The van der Waals surface area contributed by atoms with Crippen molar-refractivity contribution in [3.8, 4) is 0 Å². The molecule has 210 valence electrons. The molecule has 6 nitrogen and oxygen atoms in total. The third-order valence-corrected chi connectivity index (χ3v) is 6.44. The molecule has 40 heavy (non-hydrogen) atoms. The van der Waals surface area contributed by atoms with Gasteiger partial charge in [0, 0.05) is 62.3 Å². The van der Waals surface area contributed by atoms with Gasteiger partial charge in [0.1, 0.15) is 13.1 Å². The van der Waals surface area contributed by atoms with Crippen molar-refractivity contribution in [2.24, 2.45) is 10.2 Å². The summed E-state index contributed by atoms with van der Waals surface area (Å²) in [4.78, 5) is 0. The maximum Gasteiger partial charge on any atom is 0.169 e. The van der Waals surface area contributed by atoms with Gasteiger partial charge in [0.2, 0.25) is 0 Å². The van der Waals surface area contributed by atoms with Crippen molar-refractivity contribution < 1.29 is 43.1 Å². The standard InChI is InChI=1S/C32H38N6.2BrH/c1-35(31-13-7-5-8-14-31)33-27-29-17-23-37(24-18-29)21-11-3-4-12-22-38-25-19-30(20-26-38)28-34-36(2)32-15-9-6-10-16-32;;/h5-10,13-20,23-28H,3-4,11-12,21-22H2,1-2H3;2*1H/q+2;;/p-2. The monoisotopic (exact) mass is 664 g/mol. The molecule has 0 atom stereocenters. The molecule has 0 fully saturated rings. The van der Waals surface area contributed by atoms with Gasteiger partial charge in [0.05, 0.1) is 23.8 Å². The van der Waals surface area contributed by atoms with Crippen molar-refractivity contribution in [2.75, 3.05) is 24.1 Å². The summed E-state index contributed by atoms with van der Waals surface area (Å²) >= 11 is 0. The molecule has 2 aromatic heterocycles. The number of nitrogens with zero attached hydrogens (tertiary/aromatic N) is 6. The SMILES string of the molecule is CN(/N=C/c1cc[n+](CCCCCC[n+]2ccc(/C=N/N(C)c3ccccc3)cc2)cc1)c1ccccc1.[Br-].[Br-]. The molecule has 0 aliphatic carbocycles. The number of hydrogen-bond donors (Lipinski definition) is 0. The van der Waals surface area contributed by atoms with E-state index < -0.39 is 0 Å². The molecule has 4 aromatic rings. The van der Waals surface area contributed by atoms with Crippen LogP contribution in [0.1, 0.15) is 36.8 Å². The molecule has 0 saturated heterocycles. The lowest BCUT2D eigenvalue weighted by molar-refractivity contribution is -0.698. The average Bonchev–Trinajstić information content (AvgIpc) is 2.98. The molecule has 0 radical (unpaired) electrons. The van der Waals surface area contributed by atoms with E-state index >= 15 is 0 Å². The zero-order valence-corrected chi connectivity index (χ0v) is 26.4. The fourth-order valence-corrected chi connectivity index (χ4v) is 4.08. The highest BCUT2D eigenvalue weighted by Gasteiger charge is 2.04. The van der Waals surface area contributed by atoms with E-state index in [1.54, 1.807) is 0 Å². The van der Waals surface area contributed by atoms with Gasteiger partial charge < -0.3 is 34.0 Å². The maximum atomic E-state index is 4.54. The van der Waals surface area contributed by atoms with Crippen molar-refractivity contribution in [2.45, 2.75) is 38.8 Å². The number of hydrogen-bond acceptors (Lipinski definition) is 4. The molecule has 2 aromatic carbocycles. The normalized spacial score (nSPS) is 10.8. The zero-order chi connectivity index (χ0) is 26.4. The molecule has 0 bridgehead atoms. The summed E-state index contributed by atoms with van der Waals surface area (Å²) in [6, 6.07) is 28.8. The Kier molecular flexibility index (Phi) is 14.8. The van der Waals surface area contributed by atoms with Crippen molar-refractivity contribution in [3.05, 3.63) is 121 Å². The predicted octanol–water partition coefficient (Wildman–Crippen LogP) is -0.529. The van der Waals surface area contributed by atoms with E-state index in [-0.39, 0.29) is 34.0 Å². The van der Waals surface area contributed by atoms with E-state index in [0.29, 0.717) is 0 Å². The molecule has 2 heterocycles. The largest absolute Gasteiger partial charge is 1.00 e. The number of aromatic nitrogens is 2.